The maximum Gasteiger partial charge on any atom is 0.227 e. The predicted octanol–water partition coefficient (Wildman–Crippen LogP) is 3.55. The molecule has 1 fully saturated rings. The Kier molecular flexibility index (Phi) is 3.46. The van der Waals surface area contributed by atoms with E-state index in [0.29, 0.717) is 6.54 Å². The fourth-order valence-electron chi connectivity index (χ4n) is 2.06. The van der Waals surface area contributed by atoms with Crippen molar-refractivity contribution in [2.24, 2.45) is 5.92 Å². The van der Waals surface area contributed by atoms with E-state index >= 15 is 0 Å². The van der Waals surface area contributed by atoms with Gasteiger partial charge in [-0.2, -0.15) is 0 Å². The van der Waals surface area contributed by atoms with Crippen LogP contribution >= 0.6 is 0 Å². The zero-order valence-electron chi connectivity index (χ0n) is 11.5. The van der Waals surface area contributed by atoms with Crippen molar-refractivity contribution < 1.29 is 9.21 Å². The van der Waals surface area contributed by atoms with Gasteiger partial charge in [-0.15, -0.1) is 0 Å². The van der Waals surface area contributed by atoms with E-state index in [1.165, 1.54) is 0 Å². The van der Waals surface area contributed by atoms with E-state index < -0.39 is 0 Å². The number of amides is 1. The quantitative estimate of drug-likeness (QED) is 0.873. The fraction of sp³-hybridized carbons (Fsp3) is 0.312. The zero-order chi connectivity index (χ0) is 13.9. The minimum atomic E-state index is 0.129. The Morgan fingerprint density at radius 2 is 2.10 bits per heavy atom. The van der Waals surface area contributed by atoms with Crippen LogP contribution in [0, 0.1) is 12.8 Å². The van der Waals surface area contributed by atoms with Crippen LogP contribution in [0.15, 0.2) is 41.0 Å². The highest BCUT2D eigenvalue weighted by atomic mass is 16.3. The van der Waals surface area contributed by atoms with Gasteiger partial charge in [-0.3, -0.25) is 4.79 Å². The molecule has 1 amide bonds. The van der Waals surface area contributed by atoms with Crippen LogP contribution in [0.5, 0.6) is 0 Å². The first kappa shape index (κ1) is 12.8. The molecule has 1 aromatic carbocycles. The van der Waals surface area contributed by atoms with Gasteiger partial charge in [0.1, 0.15) is 5.76 Å². The van der Waals surface area contributed by atoms with Crippen LogP contribution < -0.4 is 10.6 Å². The van der Waals surface area contributed by atoms with Crippen LogP contribution in [0.4, 0.5) is 11.4 Å². The Hall–Kier alpha value is -2.23. The second-order valence-corrected chi connectivity index (χ2v) is 5.22. The molecule has 2 N–H and O–H groups in total. The predicted molar refractivity (Wildman–Crippen MR) is 78.6 cm³/mol. The minimum Gasteiger partial charge on any atom is -0.467 e. The molecule has 0 radical (unpaired) electrons. The molecule has 1 aliphatic rings. The lowest BCUT2D eigenvalue weighted by atomic mass is 10.2. The summed E-state index contributed by atoms with van der Waals surface area (Å²) in [6.07, 6.45) is 3.72. The van der Waals surface area contributed by atoms with Crippen LogP contribution in [0.3, 0.4) is 0 Å². The Morgan fingerprint density at radius 3 is 2.80 bits per heavy atom. The number of hydrogen-bond acceptors (Lipinski definition) is 3. The monoisotopic (exact) mass is 270 g/mol. The van der Waals surface area contributed by atoms with Crippen molar-refractivity contribution in [1.29, 1.82) is 0 Å². The van der Waals surface area contributed by atoms with Gasteiger partial charge in [-0.05, 0) is 49.6 Å². The van der Waals surface area contributed by atoms with Gasteiger partial charge >= 0.3 is 0 Å². The number of nitrogens with one attached hydrogen (secondary N) is 2. The van der Waals surface area contributed by atoms with Crippen LogP contribution in [-0.4, -0.2) is 5.91 Å². The van der Waals surface area contributed by atoms with Crippen LogP contribution in [-0.2, 0) is 11.3 Å². The smallest absolute Gasteiger partial charge is 0.227 e. The number of rotatable bonds is 5. The van der Waals surface area contributed by atoms with Gasteiger partial charge in [0.2, 0.25) is 5.91 Å². The number of anilines is 2. The Morgan fingerprint density at radius 1 is 1.30 bits per heavy atom. The molecule has 1 heterocycles. The first-order valence-corrected chi connectivity index (χ1v) is 6.90. The first-order chi connectivity index (χ1) is 9.72. The summed E-state index contributed by atoms with van der Waals surface area (Å²) >= 11 is 0. The molecule has 1 aliphatic carbocycles. The highest BCUT2D eigenvalue weighted by Crippen LogP contribution is 2.30. The molecule has 0 saturated heterocycles. The second kappa shape index (κ2) is 5.41. The van der Waals surface area contributed by atoms with Crippen molar-refractivity contribution in [3.05, 3.63) is 47.9 Å². The first-order valence-electron chi connectivity index (χ1n) is 6.90. The molecule has 1 aromatic heterocycles. The third-order valence-corrected chi connectivity index (χ3v) is 3.50. The number of aryl methyl sites for hydroxylation is 1. The number of carbonyl (C=O) groups excluding carboxylic acids is 1. The average Bonchev–Trinajstić information content (AvgIpc) is 3.21. The molecule has 4 nitrogen and oxygen atoms in total. The van der Waals surface area contributed by atoms with E-state index in [9.17, 15) is 4.79 Å². The van der Waals surface area contributed by atoms with Crippen molar-refractivity contribution in [3.63, 3.8) is 0 Å². The Labute approximate surface area is 118 Å². The summed E-state index contributed by atoms with van der Waals surface area (Å²) < 4.78 is 5.39. The molecule has 1 saturated carbocycles. The lowest BCUT2D eigenvalue weighted by Crippen LogP contribution is -2.13. The van der Waals surface area contributed by atoms with E-state index in [1.807, 2.05) is 37.3 Å². The van der Waals surface area contributed by atoms with Gasteiger partial charge in [-0.1, -0.05) is 6.07 Å². The molecule has 4 heteroatoms. The molecule has 3 rings (SSSR count). The molecule has 104 valence electrons. The summed E-state index contributed by atoms with van der Waals surface area (Å²) in [5, 5.41) is 6.25. The maximum atomic E-state index is 11.7. The number of furan rings is 1. The van der Waals surface area contributed by atoms with Crippen LogP contribution in [0.2, 0.25) is 0 Å². The van der Waals surface area contributed by atoms with E-state index in [-0.39, 0.29) is 11.8 Å². The standard InChI is InChI=1S/C16H18N2O2/c1-11-7-8-20-15(11)10-17-13-3-2-4-14(9-13)18-16(19)12-5-6-12/h2-4,7-9,12,17H,5-6,10H2,1H3,(H,18,19). The van der Waals surface area contributed by atoms with E-state index in [1.54, 1.807) is 6.26 Å². The van der Waals surface area contributed by atoms with E-state index in [4.69, 9.17) is 4.42 Å². The minimum absolute atomic E-state index is 0.129. The molecule has 20 heavy (non-hydrogen) atoms. The van der Waals surface area contributed by atoms with E-state index in [2.05, 4.69) is 10.6 Å². The summed E-state index contributed by atoms with van der Waals surface area (Å²) in [5.41, 5.74) is 2.94. The second-order valence-electron chi connectivity index (χ2n) is 5.22. The fourth-order valence-corrected chi connectivity index (χ4v) is 2.06. The van der Waals surface area contributed by atoms with Crippen LogP contribution in [0.1, 0.15) is 24.2 Å². The Balaban J connectivity index is 1.62. The topological polar surface area (TPSA) is 54.3 Å². The summed E-state index contributed by atoms with van der Waals surface area (Å²) in [6, 6.07) is 9.70. The summed E-state index contributed by atoms with van der Waals surface area (Å²) in [6.45, 7) is 2.66. The summed E-state index contributed by atoms with van der Waals surface area (Å²) in [4.78, 5) is 11.7. The van der Waals surface area contributed by atoms with Crippen LogP contribution in [0.25, 0.3) is 0 Å². The molecule has 0 aliphatic heterocycles. The number of benzene rings is 1. The highest BCUT2D eigenvalue weighted by molar-refractivity contribution is 5.94. The van der Waals surface area contributed by atoms with Gasteiger partial charge in [0.15, 0.2) is 0 Å². The summed E-state index contributed by atoms with van der Waals surface area (Å²) in [5.74, 6) is 1.28. The maximum absolute atomic E-state index is 11.7. The lowest BCUT2D eigenvalue weighted by molar-refractivity contribution is -0.117. The number of carbonyl (C=O) groups is 1. The largest absolute Gasteiger partial charge is 0.467 e. The third kappa shape index (κ3) is 3.02. The Bertz CT molecular complexity index is 614. The molecule has 0 unspecified atom stereocenters. The highest BCUT2D eigenvalue weighted by Gasteiger charge is 2.29. The molecule has 0 spiro atoms. The van der Waals surface area contributed by atoms with Crippen molar-refractivity contribution in [1.82, 2.24) is 0 Å². The van der Waals surface area contributed by atoms with Gasteiger partial charge in [0.25, 0.3) is 0 Å². The van der Waals surface area contributed by atoms with E-state index in [0.717, 1.165) is 35.5 Å². The summed E-state index contributed by atoms with van der Waals surface area (Å²) in [7, 11) is 0. The van der Waals surface area contributed by atoms with Gasteiger partial charge in [0, 0.05) is 17.3 Å². The van der Waals surface area contributed by atoms with Crippen molar-refractivity contribution in [3.8, 4) is 0 Å². The van der Waals surface area contributed by atoms with Crippen molar-refractivity contribution >= 4 is 17.3 Å². The lowest BCUT2D eigenvalue weighted by Gasteiger charge is -2.09. The van der Waals surface area contributed by atoms with Gasteiger partial charge in [-0.25, -0.2) is 0 Å². The molecular formula is C16H18N2O2. The van der Waals surface area contributed by atoms with Gasteiger partial charge in [0.05, 0.1) is 12.8 Å². The third-order valence-electron chi connectivity index (χ3n) is 3.50. The van der Waals surface area contributed by atoms with Crippen molar-refractivity contribution in [2.45, 2.75) is 26.3 Å². The number of hydrogen-bond donors (Lipinski definition) is 2. The van der Waals surface area contributed by atoms with Crippen molar-refractivity contribution in [2.75, 3.05) is 10.6 Å². The molecule has 2 aromatic rings. The zero-order valence-corrected chi connectivity index (χ0v) is 11.5. The molecule has 0 bridgehead atoms. The molecule has 0 atom stereocenters. The average molecular weight is 270 g/mol. The molecular weight excluding hydrogens is 252 g/mol. The SMILES string of the molecule is Cc1ccoc1CNc1cccc(NC(=O)C2CC2)c1. The van der Waals surface area contributed by atoms with Gasteiger partial charge < -0.3 is 15.1 Å². The normalized spacial score (nSPS) is 14.1.